The Kier molecular flexibility index (Phi) is 4.53. The van der Waals surface area contributed by atoms with Crippen molar-refractivity contribution < 1.29 is 9.21 Å². The molecule has 0 aliphatic carbocycles. The zero-order valence-corrected chi connectivity index (χ0v) is 14.4. The summed E-state index contributed by atoms with van der Waals surface area (Å²) in [6.45, 7) is 1.90. The number of benzene rings is 2. The Morgan fingerprint density at radius 1 is 1.09 bits per heavy atom. The van der Waals surface area contributed by atoms with E-state index in [1.54, 1.807) is 24.5 Å². The average Bonchev–Trinajstić information content (AvgIpc) is 2.80. The van der Waals surface area contributed by atoms with Crippen molar-refractivity contribution in [2.24, 2.45) is 0 Å². The zero-order chi connectivity index (χ0) is 16.6. The molecule has 0 bridgehead atoms. The highest BCUT2D eigenvalue weighted by atomic mass is 35.5. The Morgan fingerprint density at radius 3 is 2.48 bits per heavy atom. The Bertz CT molecular complexity index is 882. The minimum Gasteiger partial charge on any atom is -0.464 e. The van der Waals surface area contributed by atoms with Crippen molar-refractivity contribution >= 4 is 57.4 Å². The van der Waals surface area contributed by atoms with E-state index in [0.717, 1.165) is 16.5 Å². The summed E-state index contributed by atoms with van der Waals surface area (Å²) in [5.74, 6) is -0.192. The smallest absolute Gasteiger partial charge is 0.228 e. The fourth-order valence-corrected chi connectivity index (χ4v) is 3.03. The fourth-order valence-electron chi connectivity index (χ4n) is 2.34. The van der Waals surface area contributed by atoms with Crippen molar-refractivity contribution in [3.05, 3.63) is 62.8 Å². The summed E-state index contributed by atoms with van der Waals surface area (Å²) in [6.07, 6.45) is 1.74. The standard InChI is InChI=1S/C17H12Cl3NO2/c1-9-2-16-14(7-15(9)20)10(8-23-16)3-17(22)21-13-5-11(18)4-12(19)6-13/h2,4-8H,3H2,1H3,(H,21,22). The van der Waals surface area contributed by atoms with Gasteiger partial charge in [-0.1, -0.05) is 34.8 Å². The monoisotopic (exact) mass is 367 g/mol. The molecule has 1 heterocycles. The number of carbonyl (C=O) groups excluding carboxylic acids is 1. The first kappa shape index (κ1) is 16.2. The van der Waals surface area contributed by atoms with Crippen molar-refractivity contribution in [2.75, 3.05) is 5.32 Å². The molecule has 0 aliphatic rings. The van der Waals surface area contributed by atoms with Gasteiger partial charge in [0.2, 0.25) is 5.91 Å². The number of furan rings is 1. The van der Waals surface area contributed by atoms with E-state index in [1.807, 2.05) is 19.1 Å². The molecule has 0 fully saturated rings. The van der Waals surface area contributed by atoms with Crippen molar-refractivity contribution in [3.8, 4) is 0 Å². The van der Waals surface area contributed by atoms with E-state index in [0.29, 0.717) is 26.3 Å². The quantitative estimate of drug-likeness (QED) is 0.627. The number of hydrogen-bond acceptors (Lipinski definition) is 2. The molecule has 0 saturated carbocycles. The van der Waals surface area contributed by atoms with Crippen molar-refractivity contribution in [1.82, 2.24) is 0 Å². The summed E-state index contributed by atoms with van der Waals surface area (Å²) in [5.41, 5.74) is 2.96. The topological polar surface area (TPSA) is 42.2 Å². The molecule has 0 aliphatic heterocycles. The second-order valence-corrected chi connectivity index (χ2v) is 6.52. The normalized spacial score (nSPS) is 11.0. The Labute approximate surface area is 148 Å². The molecule has 2 aromatic carbocycles. The van der Waals surface area contributed by atoms with Gasteiger partial charge in [0, 0.05) is 31.7 Å². The van der Waals surface area contributed by atoms with Crippen LogP contribution >= 0.6 is 34.8 Å². The van der Waals surface area contributed by atoms with E-state index in [-0.39, 0.29) is 12.3 Å². The molecule has 0 atom stereocenters. The van der Waals surface area contributed by atoms with Crippen LogP contribution in [0.2, 0.25) is 15.1 Å². The second kappa shape index (κ2) is 6.44. The minimum atomic E-state index is -0.192. The summed E-state index contributed by atoms with van der Waals surface area (Å²) in [5, 5.41) is 5.17. The lowest BCUT2D eigenvalue weighted by Crippen LogP contribution is -2.14. The largest absolute Gasteiger partial charge is 0.464 e. The molecule has 0 saturated heterocycles. The number of rotatable bonds is 3. The number of aryl methyl sites for hydroxylation is 1. The van der Waals surface area contributed by atoms with Crippen LogP contribution < -0.4 is 5.32 Å². The summed E-state index contributed by atoms with van der Waals surface area (Å²) in [4.78, 5) is 12.2. The lowest BCUT2D eigenvalue weighted by molar-refractivity contribution is -0.115. The molecule has 0 radical (unpaired) electrons. The number of hydrogen-bond donors (Lipinski definition) is 1. The number of nitrogens with one attached hydrogen (secondary N) is 1. The Balaban J connectivity index is 1.81. The number of carbonyl (C=O) groups is 1. The predicted octanol–water partition coefficient (Wildman–Crippen LogP) is 5.88. The summed E-state index contributed by atoms with van der Waals surface area (Å²) in [6, 6.07) is 8.55. The maximum atomic E-state index is 12.2. The molecule has 0 unspecified atom stereocenters. The first-order valence-electron chi connectivity index (χ1n) is 6.84. The molecule has 118 valence electrons. The third-order valence-electron chi connectivity index (χ3n) is 3.43. The van der Waals surface area contributed by atoms with E-state index in [2.05, 4.69) is 5.32 Å². The van der Waals surface area contributed by atoms with Crippen LogP contribution in [-0.4, -0.2) is 5.91 Å². The van der Waals surface area contributed by atoms with Gasteiger partial charge in [-0.05, 0) is 42.8 Å². The molecular formula is C17H12Cl3NO2. The average molecular weight is 369 g/mol. The first-order chi connectivity index (χ1) is 10.9. The highest BCUT2D eigenvalue weighted by Crippen LogP contribution is 2.28. The van der Waals surface area contributed by atoms with Crippen LogP contribution in [0.15, 0.2) is 41.0 Å². The summed E-state index contributed by atoms with van der Waals surface area (Å²) < 4.78 is 5.49. The van der Waals surface area contributed by atoms with E-state index in [9.17, 15) is 4.79 Å². The zero-order valence-electron chi connectivity index (χ0n) is 12.1. The van der Waals surface area contributed by atoms with Crippen LogP contribution in [-0.2, 0) is 11.2 Å². The van der Waals surface area contributed by atoms with Gasteiger partial charge in [-0.15, -0.1) is 0 Å². The SMILES string of the molecule is Cc1cc2occ(CC(=O)Nc3cc(Cl)cc(Cl)c3)c2cc1Cl. The van der Waals surface area contributed by atoms with E-state index < -0.39 is 0 Å². The van der Waals surface area contributed by atoms with Crippen LogP contribution in [0.3, 0.4) is 0 Å². The van der Waals surface area contributed by atoms with Crippen LogP contribution in [0.1, 0.15) is 11.1 Å². The fraction of sp³-hybridized carbons (Fsp3) is 0.118. The van der Waals surface area contributed by atoms with Crippen molar-refractivity contribution in [3.63, 3.8) is 0 Å². The van der Waals surface area contributed by atoms with Crippen LogP contribution in [0.25, 0.3) is 11.0 Å². The van der Waals surface area contributed by atoms with Gasteiger partial charge < -0.3 is 9.73 Å². The van der Waals surface area contributed by atoms with Crippen LogP contribution in [0.5, 0.6) is 0 Å². The van der Waals surface area contributed by atoms with Crippen LogP contribution in [0.4, 0.5) is 5.69 Å². The van der Waals surface area contributed by atoms with Gasteiger partial charge in [-0.25, -0.2) is 0 Å². The third kappa shape index (κ3) is 3.63. The molecule has 3 rings (SSSR count). The van der Waals surface area contributed by atoms with Gasteiger partial charge in [-0.3, -0.25) is 4.79 Å². The molecule has 23 heavy (non-hydrogen) atoms. The Hall–Kier alpha value is -1.68. The van der Waals surface area contributed by atoms with E-state index in [4.69, 9.17) is 39.2 Å². The molecule has 3 nitrogen and oxygen atoms in total. The number of fused-ring (bicyclic) bond motifs is 1. The second-order valence-electron chi connectivity index (χ2n) is 5.24. The van der Waals surface area contributed by atoms with E-state index in [1.165, 1.54) is 0 Å². The lowest BCUT2D eigenvalue weighted by Gasteiger charge is -2.06. The number of amides is 1. The van der Waals surface area contributed by atoms with Gasteiger partial charge in [-0.2, -0.15) is 0 Å². The molecule has 1 aromatic heterocycles. The number of halogens is 3. The van der Waals surface area contributed by atoms with Gasteiger partial charge in [0.1, 0.15) is 5.58 Å². The highest BCUT2D eigenvalue weighted by molar-refractivity contribution is 6.35. The summed E-state index contributed by atoms with van der Waals surface area (Å²) in [7, 11) is 0. The summed E-state index contributed by atoms with van der Waals surface area (Å²) >= 11 is 18.0. The third-order valence-corrected chi connectivity index (χ3v) is 4.28. The van der Waals surface area contributed by atoms with Gasteiger partial charge >= 0.3 is 0 Å². The van der Waals surface area contributed by atoms with Gasteiger partial charge in [0.05, 0.1) is 12.7 Å². The first-order valence-corrected chi connectivity index (χ1v) is 7.98. The number of anilines is 1. The Morgan fingerprint density at radius 2 is 1.78 bits per heavy atom. The lowest BCUT2D eigenvalue weighted by atomic mass is 10.1. The van der Waals surface area contributed by atoms with Gasteiger partial charge in [0.25, 0.3) is 0 Å². The van der Waals surface area contributed by atoms with Crippen molar-refractivity contribution in [1.29, 1.82) is 0 Å². The predicted molar refractivity (Wildman–Crippen MR) is 94.8 cm³/mol. The van der Waals surface area contributed by atoms with Crippen LogP contribution in [0, 0.1) is 6.92 Å². The molecule has 1 N–H and O–H groups in total. The van der Waals surface area contributed by atoms with E-state index >= 15 is 0 Å². The maximum Gasteiger partial charge on any atom is 0.228 e. The molecule has 0 spiro atoms. The minimum absolute atomic E-state index is 0.163. The molecule has 3 aromatic rings. The molecular weight excluding hydrogens is 357 g/mol. The highest BCUT2D eigenvalue weighted by Gasteiger charge is 2.13. The van der Waals surface area contributed by atoms with Gasteiger partial charge in [0.15, 0.2) is 0 Å². The molecule has 1 amide bonds. The molecule has 6 heteroatoms. The van der Waals surface area contributed by atoms with Crippen molar-refractivity contribution in [2.45, 2.75) is 13.3 Å². The maximum absolute atomic E-state index is 12.2.